The number of benzene rings is 1. The van der Waals surface area contributed by atoms with Gasteiger partial charge in [0.05, 0.1) is 24.2 Å². The molecule has 2 aromatic rings. The quantitative estimate of drug-likeness (QED) is 0.348. The largest absolute Gasteiger partial charge is 0.416 e. The predicted molar refractivity (Wildman–Crippen MR) is 102 cm³/mol. The van der Waals surface area contributed by atoms with Gasteiger partial charge in [-0.2, -0.15) is 13.2 Å². The summed E-state index contributed by atoms with van der Waals surface area (Å²) >= 11 is 0. The third kappa shape index (κ3) is 5.82. The lowest BCUT2D eigenvalue weighted by molar-refractivity contribution is -0.159. The third-order valence-corrected chi connectivity index (χ3v) is 5.64. The lowest BCUT2D eigenvalue weighted by Gasteiger charge is -2.40. The van der Waals surface area contributed by atoms with Crippen LogP contribution in [-0.2, 0) is 20.5 Å². The summed E-state index contributed by atoms with van der Waals surface area (Å²) in [6, 6.07) is -0.687. The van der Waals surface area contributed by atoms with E-state index in [9.17, 15) is 42.2 Å². The van der Waals surface area contributed by atoms with Crippen molar-refractivity contribution in [2.75, 3.05) is 13.2 Å². The molecule has 8 nitrogen and oxygen atoms in total. The molecule has 2 heterocycles. The zero-order valence-corrected chi connectivity index (χ0v) is 17.7. The summed E-state index contributed by atoms with van der Waals surface area (Å²) in [4.78, 5) is 24.4. The number of carbonyl (C=O) groups excluding carboxylic acids is 2. The maximum atomic E-state index is 13.1. The molecular weight excluding hydrogens is 506 g/mol. The van der Waals surface area contributed by atoms with Crippen molar-refractivity contribution in [2.24, 2.45) is 5.41 Å². The highest BCUT2D eigenvalue weighted by Crippen LogP contribution is 3.02. The Hall–Kier alpha value is -3.21. The second kappa shape index (κ2) is 7.39. The molecular formula is C17H15F8N5O3S. The van der Waals surface area contributed by atoms with E-state index in [1.807, 2.05) is 0 Å². The van der Waals surface area contributed by atoms with Crippen molar-refractivity contribution in [2.45, 2.75) is 18.0 Å². The smallest absolute Gasteiger partial charge is 0.379 e. The minimum absolute atomic E-state index is 0.158. The van der Waals surface area contributed by atoms with Gasteiger partial charge >= 0.3 is 16.4 Å². The van der Waals surface area contributed by atoms with E-state index in [1.54, 1.807) is 6.92 Å². The van der Waals surface area contributed by atoms with Gasteiger partial charge in [0.25, 0.3) is 5.91 Å². The topological polar surface area (TPSA) is 98.1 Å². The lowest BCUT2D eigenvalue weighted by atomic mass is 9.88. The van der Waals surface area contributed by atoms with Gasteiger partial charge in [-0.3, -0.25) is 20.4 Å². The molecule has 188 valence electrons. The zero-order valence-electron chi connectivity index (χ0n) is 16.9. The van der Waals surface area contributed by atoms with Crippen molar-refractivity contribution >= 4 is 28.2 Å². The van der Waals surface area contributed by atoms with E-state index in [-0.39, 0.29) is 25.3 Å². The molecule has 2 amide bonds. The Morgan fingerprint density at radius 3 is 2.29 bits per heavy atom. The average molecular weight is 521 g/mol. The molecule has 1 aromatic heterocycles. The Balaban J connectivity index is 1.80. The van der Waals surface area contributed by atoms with Crippen LogP contribution < -0.4 is 10.9 Å². The van der Waals surface area contributed by atoms with Gasteiger partial charge in [-0.15, -0.1) is 5.10 Å². The van der Waals surface area contributed by atoms with Crippen LogP contribution in [0.25, 0.3) is 17.6 Å². The normalized spacial score (nSPS) is 18.0. The highest BCUT2D eigenvalue weighted by Gasteiger charge is 2.66. The van der Waals surface area contributed by atoms with E-state index in [0.29, 0.717) is 0 Å². The fourth-order valence-electron chi connectivity index (χ4n) is 2.59. The molecule has 17 heteroatoms. The van der Waals surface area contributed by atoms with Gasteiger partial charge in [-0.05, 0) is 25.1 Å². The third-order valence-electron chi connectivity index (χ3n) is 4.51. The van der Waals surface area contributed by atoms with E-state index >= 15 is 0 Å². The second-order valence-electron chi connectivity index (χ2n) is 7.57. The van der Waals surface area contributed by atoms with Crippen LogP contribution >= 0.6 is 10.2 Å². The Kier molecular flexibility index (Phi) is 5.53. The van der Waals surface area contributed by atoms with Gasteiger partial charge in [-0.1, -0.05) is 19.4 Å². The molecule has 0 spiro atoms. The number of hydrazine groups is 1. The number of nitrogens with zero attached hydrogens (tertiary/aromatic N) is 3. The molecule has 0 radical (unpaired) electrons. The molecule has 0 atom stereocenters. The molecule has 1 aliphatic heterocycles. The molecule has 1 fully saturated rings. The number of halogens is 8. The van der Waals surface area contributed by atoms with Crippen LogP contribution in [-0.4, -0.2) is 39.8 Å². The van der Waals surface area contributed by atoms with Crippen molar-refractivity contribution in [3.8, 4) is 11.4 Å². The van der Waals surface area contributed by atoms with Crippen LogP contribution in [0.4, 0.5) is 32.6 Å². The van der Waals surface area contributed by atoms with Gasteiger partial charge in [0.15, 0.2) is 5.82 Å². The van der Waals surface area contributed by atoms with Crippen molar-refractivity contribution in [1.82, 2.24) is 25.6 Å². The molecule has 0 saturated carbocycles. The van der Waals surface area contributed by atoms with Crippen molar-refractivity contribution in [3.63, 3.8) is 0 Å². The van der Waals surface area contributed by atoms with Crippen LogP contribution in [0.1, 0.15) is 12.5 Å². The first-order chi connectivity index (χ1) is 15.3. The SMILES string of the molecule is CC1(C(=O)NNC(=O)C=Cn2cnc(-c3cc(C(F)(F)F)cc(S(F)(F)(F)(F)F)c3)n2)COC1. The number of ether oxygens (including phenoxy) is 1. The average Bonchev–Trinajstić information content (AvgIpc) is 3.15. The summed E-state index contributed by atoms with van der Waals surface area (Å²) in [6.45, 7) is 1.91. The van der Waals surface area contributed by atoms with Crippen LogP contribution in [0, 0.1) is 5.41 Å². The summed E-state index contributed by atoms with van der Waals surface area (Å²) in [5, 5.41) is 3.57. The minimum Gasteiger partial charge on any atom is -0.379 e. The zero-order chi connectivity index (χ0) is 25.6. The number of alkyl halides is 3. The summed E-state index contributed by atoms with van der Waals surface area (Å²) in [5.74, 6) is -2.13. The van der Waals surface area contributed by atoms with E-state index < -0.39 is 61.5 Å². The van der Waals surface area contributed by atoms with E-state index in [4.69, 9.17) is 4.74 Å². The molecule has 0 unspecified atom stereocenters. The van der Waals surface area contributed by atoms with Crippen LogP contribution in [0.15, 0.2) is 35.5 Å². The number of hydrogen-bond donors (Lipinski definition) is 2. The molecule has 3 rings (SSSR count). The highest BCUT2D eigenvalue weighted by atomic mass is 32.5. The Labute approximate surface area is 185 Å². The van der Waals surface area contributed by atoms with Gasteiger partial charge in [-0.25, -0.2) is 9.67 Å². The van der Waals surface area contributed by atoms with E-state index in [1.165, 1.54) is 0 Å². The first-order valence-electron chi connectivity index (χ1n) is 9.01. The van der Waals surface area contributed by atoms with Crippen molar-refractivity contribution < 1.29 is 46.9 Å². The summed E-state index contributed by atoms with van der Waals surface area (Å²) < 4.78 is 110. The number of nitrogens with one attached hydrogen (secondary N) is 2. The predicted octanol–water partition coefficient (Wildman–Crippen LogP) is 4.28. The standard InChI is InChI=1S/C17H15F8N5O3S/c1-16(7-33-8-16)15(32)28-27-13(31)2-3-30-9-26-14(29-30)10-4-11(17(18,19)20)6-12(5-10)34(21,22,23,24)25/h2-6,9H,7-8H2,1H3,(H,27,31)(H,28,32). The molecule has 1 saturated heterocycles. The minimum atomic E-state index is -10.5. The molecule has 34 heavy (non-hydrogen) atoms. The summed E-state index contributed by atoms with van der Waals surface area (Å²) in [7, 11) is -10.5. The van der Waals surface area contributed by atoms with E-state index in [2.05, 4.69) is 20.9 Å². The fraction of sp³-hybridized carbons (Fsp3) is 0.294. The first-order valence-corrected chi connectivity index (χ1v) is 11.0. The Morgan fingerprint density at radius 2 is 1.76 bits per heavy atom. The van der Waals surface area contributed by atoms with Gasteiger partial charge in [0, 0.05) is 17.8 Å². The number of carbonyl (C=O) groups is 2. The maximum Gasteiger partial charge on any atom is 0.416 e. The molecule has 1 aliphatic rings. The van der Waals surface area contributed by atoms with Crippen LogP contribution in [0.5, 0.6) is 0 Å². The van der Waals surface area contributed by atoms with Crippen LogP contribution in [0.3, 0.4) is 0 Å². The lowest BCUT2D eigenvalue weighted by Crippen LogP contribution is -2.56. The number of hydrogen-bond acceptors (Lipinski definition) is 5. The Bertz CT molecular complexity index is 1170. The van der Waals surface area contributed by atoms with Gasteiger partial charge in [0.2, 0.25) is 5.91 Å². The van der Waals surface area contributed by atoms with Crippen LogP contribution in [0.2, 0.25) is 0 Å². The molecule has 0 bridgehead atoms. The second-order valence-corrected chi connectivity index (χ2v) is 9.98. The monoisotopic (exact) mass is 521 g/mol. The summed E-state index contributed by atoms with van der Waals surface area (Å²) in [6.07, 6.45) is -2.83. The number of aromatic nitrogens is 3. The van der Waals surface area contributed by atoms with Crippen molar-refractivity contribution in [1.29, 1.82) is 0 Å². The molecule has 2 N–H and O–H groups in total. The molecule has 1 aromatic carbocycles. The fourth-order valence-corrected chi connectivity index (χ4v) is 3.29. The Morgan fingerprint density at radius 1 is 1.12 bits per heavy atom. The van der Waals surface area contributed by atoms with E-state index in [0.717, 1.165) is 23.3 Å². The van der Waals surface area contributed by atoms with Gasteiger partial charge in [0.1, 0.15) is 11.2 Å². The summed E-state index contributed by atoms with van der Waals surface area (Å²) in [5.41, 5.74) is 0.440. The molecule has 0 aliphatic carbocycles. The number of rotatable bonds is 5. The first kappa shape index (κ1) is 25.4. The number of amides is 2. The van der Waals surface area contributed by atoms with Crippen molar-refractivity contribution in [3.05, 3.63) is 36.2 Å². The highest BCUT2D eigenvalue weighted by molar-refractivity contribution is 8.45. The van der Waals surface area contributed by atoms with Gasteiger partial charge < -0.3 is 4.74 Å². The maximum absolute atomic E-state index is 13.1.